The van der Waals surface area contributed by atoms with Crippen molar-refractivity contribution >= 4 is 5.84 Å². The van der Waals surface area contributed by atoms with Crippen LogP contribution in [0, 0.1) is 5.82 Å². The summed E-state index contributed by atoms with van der Waals surface area (Å²) in [5, 5.41) is 11.5. The van der Waals surface area contributed by atoms with Gasteiger partial charge in [-0.15, -0.1) is 0 Å². The summed E-state index contributed by atoms with van der Waals surface area (Å²) in [6.07, 6.45) is 1.46. The van der Waals surface area contributed by atoms with Crippen molar-refractivity contribution in [2.75, 3.05) is 0 Å². The molecule has 18 heavy (non-hydrogen) atoms. The molecule has 2 rings (SSSR count). The zero-order valence-electron chi connectivity index (χ0n) is 9.25. The van der Waals surface area contributed by atoms with Crippen LogP contribution in [0.25, 0.3) is 0 Å². The van der Waals surface area contributed by atoms with Gasteiger partial charge >= 0.3 is 0 Å². The molecular weight excluding hydrogens is 237 g/mol. The Bertz CT molecular complexity index is 587. The van der Waals surface area contributed by atoms with E-state index in [0.717, 1.165) is 0 Å². The van der Waals surface area contributed by atoms with Gasteiger partial charge in [-0.3, -0.25) is 0 Å². The van der Waals surface area contributed by atoms with Gasteiger partial charge in [-0.05, 0) is 24.3 Å². The Kier molecular flexibility index (Phi) is 3.38. The highest BCUT2D eigenvalue weighted by Crippen LogP contribution is 2.24. The Labute approximate surface area is 102 Å². The minimum atomic E-state index is -0.520. The molecule has 1 heterocycles. The van der Waals surface area contributed by atoms with Crippen LogP contribution in [0.1, 0.15) is 5.56 Å². The molecule has 0 unspecified atom stereocenters. The normalized spacial score (nSPS) is 11.3. The Hall–Kier alpha value is -2.63. The summed E-state index contributed by atoms with van der Waals surface area (Å²) in [6, 6.07) is 9.05. The van der Waals surface area contributed by atoms with Crippen LogP contribution in [-0.4, -0.2) is 16.0 Å². The van der Waals surface area contributed by atoms with E-state index in [9.17, 15) is 4.39 Å². The van der Waals surface area contributed by atoms with Crippen molar-refractivity contribution in [3.05, 3.63) is 54.0 Å². The Morgan fingerprint density at radius 2 is 2.06 bits per heavy atom. The predicted molar refractivity (Wildman–Crippen MR) is 63.2 cm³/mol. The Morgan fingerprint density at radius 1 is 1.28 bits per heavy atom. The second kappa shape index (κ2) is 5.13. The first-order chi connectivity index (χ1) is 8.72. The average molecular weight is 247 g/mol. The molecule has 0 amide bonds. The topological polar surface area (TPSA) is 80.7 Å². The molecule has 0 aliphatic rings. The summed E-state index contributed by atoms with van der Waals surface area (Å²) in [4.78, 5) is 3.92. The van der Waals surface area contributed by atoms with E-state index in [1.165, 1.54) is 18.3 Å². The fourth-order valence-corrected chi connectivity index (χ4v) is 1.35. The molecular formula is C12H10FN3O2. The summed E-state index contributed by atoms with van der Waals surface area (Å²) >= 11 is 0. The number of benzene rings is 1. The highest BCUT2D eigenvalue weighted by molar-refractivity contribution is 5.99. The highest BCUT2D eigenvalue weighted by atomic mass is 19.1. The zero-order valence-corrected chi connectivity index (χ0v) is 9.25. The quantitative estimate of drug-likeness (QED) is 0.376. The van der Waals surface area contributed by atoms with Gasteiger partial charge in [0.1, 0.15) is 0 Å². The van der Waals surface area contributed by atoms with E-state index in [2.05, 4.69) is 10.1 Å². The number of nitrogens with zero attached hydrogens (tertiary/aromatic N) is 2. The molecule has 0 spiro atoms. The molecule has 0 aliphatic heterocycles. The number of hydrogen-bond acceptors (Lipinski definition) is 4. The third-order valence-corrected chi connectivity index (χ3v) is 2.20. The standard InChI is InChI=1S/C12H10FN3O2/c13-9-5-1-2-6-10(9)18-12-8(11(14)16-17)4-3-7-15-12/h1-7,17H,(H2,14,16). The lowest BCUT2D eigenvalue weighted by molar-refractivity contribution is 0.318. The van der Waals surface area contributed by atoms with Crippen molar-refractivity contribution < 1.29 is 14.3 Å². The number of nitrogens with two attached hydrogens (primary N) is 1. The van der Waals surface area contributed by atoms with Crippen molar-refractivity contribution in [1.82, 2.24) is 4.98 Å². The van der Waals surface area contributed by atoms with Crippen LogP contribution in [0.2, 0.25) is 0 Å². The van der Waals surface area contributed by atoms with Crippen molar-refractivity contribution in [1.29, 1.82) is 0 Å². The first-order valence-electron chi connectivity index (χ1n) is 5.07. The van der Waals surface area contributed by atoms with Crippen LogP contribution >= 0.6 is 0 Å². The molecule has 3 N–H and O–H groups in total. The first-order valence-corrected chi connectivity index (χ1v) is 5.07. The van der Waals surface area contributed by atoms with Gasteiger partial charge < -0.3 is 15.7 Å². The lowest BCUT2D eigenvalue weighted by Gasteiger charge is -2.09. The van der Waals surface area contributed by atoms with Gasteiger partial charge in [0, 0.05) is 6.20 Å². The third-order valence-electron chi connectivity index (χ3n) is 2.20. The summed E-state index contributed by atoms with van der Waals surface area (Å²) in [5.41, 5.74) is 5.75. The molecule has 1 aromatic carbocycles. The molecule has 6 heteroatoms. The van der Waals surface area contributed by atoms with Gasteiger partial charge in [0.15, 0.2) is 17.4 Å². The molecule has 0 saturated heterocycles. The van der Waals surface area contributed by atoms with E-state index >= 15 is 0 Å². The number of para-hydroxylation sites is 1. The fraction of sp³-hybridized carbons (Fsp3) is 0. The fourth-order valence-electron chi connectivity index (χ4n) is 1.35. The summed E-state index contributed by atoms with van der Waals surface area (Å²) in [6.45, 7) is 0. The number of rotatable bonds is 3. The molecule has 92 valence electrons. The van der Waals surface area contributed by atoms with Crippen LogP contribution in [0.3, 0.4) is 0 Å². The number of ether oxygens (including phenoxy) is 1. The second-order valence-corrected chi connectivity index (χ2v) is 3.37. The number of pyridine rings is 1. The SMILES string of the molecule is N/C(=N\O)c1cccnc1Oc1ccccc1F. The van der Waals surface area contributed by atoms with Gasteiger partial charge in [0.05, 0.1) is 5.56 Å². The van der Waals surface area contributed by atoms with Gasteiger partial charge in [0.25, 0.3) is 0 Å². The van der Waals surface area contributed by atoms with Gasteiger partial charge in [-0.1, -0.05) is 17.3 Å². The van der Waals surface area contributed by atoms with Gasteiger partial charge in [-0.25, -0.2) is 9.37 Å². The Morgan fingerprint density at radius 3 is 2.78 bits per heavy atom. The second-order valence-electron chi connectivity index (χ2n) is 3.37. The third kappa shape index (κ3) is 2.37. The number of amidine groups is 1. The van der Waals surface area contributed by atoms with Crippen LogP contribution in [0.4, 0.5) is 4.39 Å². The average Bonchev–Trinajstić information content (AvgIpc) is 2.41. The number of halogens is 1. The largest absolute Gasteiger partial charge is 0.435 e. The van der Waals surface area contributed by atoms with E-state index in [-0.39, 0.29) is 23.0 Å². The summed E-state index contributed by atoms with van der Waals surface area (Å²) in [5.74, 6) is -0.593. The molecule has 0 atom stereocenters. The van der Waals surface area contributed by atoms with E-state index < -0.39 is 5.82 Å². The summed E-state index contributed by atoms with van der Waals surface area (Å²) in [7, 11) is 0. The molecule has 0 bridgehead atoms. The molecule has 0 aliphatic carbocycles. The highest BCUT2D eigenvalue weighted by Gasteiger charge is 2.12. The van der Waals surface area contributed by atoms with Crippen molar-refractivity contribution in [2.45, 2.75) is 0 Å². The van der Waals surface area contributed by atoms with Crippen molar-refractivity contribution in [3.8, 4) is 11.6 Å². The van der Waals surface area contributed by atoms with E-state index in [0.29, 0.717) is 0 Å². The lowest BCUT2D eigenvalue weighted by Crippen LogP contribution is -2.14. The Balaban J connectivity index is 2.38. The molecule has 5 nitrogen and oxygen atoms in total. The minimum absolute atomic E-state index is 0.0168. The minimum Gasteiger partial charge on any atom is -0.435 e. The maximum absolute atomic E-state index is 13.4. The van der Waals surface area contributed by atoms with E-state index in [1.54, 1.807) is 24.3 Å². The maximum atomic E-state index is 13.4. The lowest BCUT2D eigenvalue weighted by atomic mass is 10.2. The number of hydrogen-bond donors (Lipinski definition) is 2. The molecule has 2 aromatic rings. The predicted octanol–water partition coefficient (Wildman–Crippen LogP) is 2.11. The van der Waals surface area contributed by atoms with E-state index in [1.807, 2.05) is 0 Å². The molecule has 0 saturated carbocycles. The van der Waals surface area contributed by atoms with Gasteiger partial charge in [0.2, 0.25) is 5.88 Å². The van der Waals surface area contributed by atoms with Crippen LogP contribution in [0.15, 0.2) is 47.8 Å². The molecule has 0 radical (unpaired) electrons. The van der Waals surface area contributed by atoms with Crippen molar-refractivity contribution in [3.63, 3.8) is 0 Å². The smallest absolute Gasteiger partial charge is 0.230 e. The number of oxime groups is 1. The maximum Gasteiger partial charge on any atom is 0.230 e. The molecule has 1 aromatic heterocycles. The molecule has 0 fully saturated rings. The van der Waals surface area contributed by atoms with E-state index in [4.69, 9.17) is 15.7 Å². The summed E-state index contributed by atoms with van der Waals surface area (Å²) < 4.78 is 18.7. The number of aromatic nitrogens is 1. The van der Waals surface area contributed by atoms with Crippen LogP contribution in [-0.2, 0) is 0 Å². The van der Waals surface area contributed by atoms with Crippen LogP contribution < -0.4 is 10.5 Å². The first kappa shape index (κ1) is 11.8. The van der Waals surface area contributed by atoms with Crippen molar-refractivity contribution in [2.24, 2.45) is 10.9 Å². The zero-order chi connectivity index (χ0) is 13.0. The van der Waals surface area contributed by atoms with Crippen LogP contribution in [0.5, 0.6) is 11.6 Å². The monoisotopic (exact) mass is 247 g/mol. The van der Waals surface area contributed by atoms with Gasteiger partial charge in [-0.2, -0.15) is 0 Å².